The number of benzene rings is 1. The summed E-state index contributed by atoms with van der Waals surface area (Å²) in [5, 5.41) is 2.30. The van der Waals surface area contributed by atoms with Crippen LogP contribution in [0.2, 0.25) is 0 Å². The van der Waals surface area contributed by atoms with Crippen molar-refractivity contribution < 1.29 is 13.6 Å². The SMILES string of the molecule is Cc1cccc(C(=O)Nc2ccncc2F)c1F. The highest BCUT2D eigenvalue weighted by atomic mass is 19.1. The van der Waals surface area contributed by atoms with E-state index >= 15 is 0 Å². The molecule has 0 fully saturated rings. The lowest BCUT2D eigenvalue weighted by atomic mass is 10.1. The van der Waals surface area contributed by atoms with Crippen molar-refractivity contribution in [1.29, 1.82) is 0 Å². The lowest BCUT2D eigenvalue weighted by molar-refractivity contribution is 0.102. The molecule has 1 N–H and O–H groups in total. The first-order valence-corrected chi connectivity index (χ1v) is 5.25. The lowest BCUT2D eigenvalue weighted by Gasteiger charge is -2.07. The van der Waals surface area contributed by atoms with Gasteiger partial charge in [-0.2, -0.15) is 0 Å². The third-order valence-corrected chi connectivity index (χ3v) is 2.46. The Bertz CT molecular complexity index is 599. The molecule has 5 heteroatoms. The highest BCUT2D eigenvalue weighted by Gasteiger charge is 2.14. The second-order valence-corrected chi connectivity index (χ2v) is 3.75. The molecule has 0 atom stereocenters. The van der Waals surface area contributed by atoms with Crippen LogP contribution >= 0.6 is 0 Å². The largest absolute Gasteiger partial charge is 0.319 e. The van der Waals surface area contributed by atoms with Crippen molar-refractivity contribution in [2.75, 3.05) is 5.32 Å². The zero-order valence-electron chi connectivity index (χ0n) is 9.58. The van der Waals surface area contributed by atoms with Gasteiger partial charge in [-0.25, -0.2) is 8.78 Å². The summed E-state index contributed by atoms with van der Waals surface area (Å²) in [5.74, 6) is -1.97. The minimum atomic E-state index is -0.693. The van der Waals surface area contributed by atoms with Gasteiger partial charge >= 0.3 is 0 Å². The molecular weight excluding hydrogens is 238 g/mol. The highest BCUT2D eigenvalue weighted by Crippen LogP contribution is 2.16. The average molecular weight is 248 g/mol. The van der Waals surface area contributed by atoms with Gasteiger partial charge in [0.15, 0.2) is 5.82 Å². The molecule has 0 aliphatic carbocycles. The molecule has 0 bridgehead atoms. The molecule has 0 radical (unpaired) electrons. The molecule has 3 nitrogen and oxygen atoms in total. The molecule has 2 aromatic rings. The molecule has 0 spiro atoms. The van der Waals surface area contributed by atoms with Crippen molar-refractivity contribution in [2.24, 2.45) is 0 Å². The average Bonchev–Trinajstić information content (AvgIpc) is 2.35. The summed E-state index contributed by atoms with van der Waals surface area (Å²) in [4.78, 5) is 15.4. The van der Waals surface area contributed by atoms with Crippen LogP contribution < -0.4 is 5.32 Å². The Morgan fingerprint density at radius 2 is 2.06 bits per heavy atom. The topological polar surface area (TPSA) is 42.0 Å². The number of halogens is 2. The minimum Gasteiger partial charge on any atom is -0.319 e. The Morgan fingerprint density at radius 3 is 2.78 bits per heavy atom. The van der Waals surface area contributed by atoms with Crippen LogP contribution in [0.5, 0.6) is 0 Å². The third-order valence-electron chi connectivity index (χ3n) is 2.46. The van der Waals surface area contributed by atoms with E-state index in [4.69, 9.17) is 0 Å². The summed E-state index contributed by atoms with van der Waals surface area (Å²) >= 11 is 0. The summed E-state index contributed by atoms with van der Waals surface area (Å²) in [5.41, 5.74) is 0.208. The van der Waals surface area contributed by atoms with Crippen LogP contribution in [0.15, 0.2) is 36.7 Å². The number of carbonyl (C=O) groups is 1. The quantitative estimate of drug-likeness (QED) is 0.887. The van der Waals surface area contributed by atoms with Crippen LogP contribution in [0.3, 0.4) is 0 Å². The van der Waals surface area contributed by atoms with E-state index in [1.165, 1.54) is 18.3 Å². The molecule has 1 aromatic heterocycles. The molecule has 92 valence electrons. The zero-order valence-corrected chi connectivity index (χ0v) is 9.58. The Labute approximate surface area is 102 Å². The van der Waals surface area contributed by atoms with Gasteiger partial charge in [0.2, 0.25) is 0 Å². The van der Waals surface area contributed by atoms with Gasteiger partial charge in [-0.15, -0.1) is 0 Å². The molecule has 0 aliphatic rings. The van der Waals surface area contributed by atoms with E-state index in [2.05, 4.69) is 10.3 Å². The fraction of sp³-hybridized carbons (Fsp3) is 0.0769. The van der Waals surface area contributed by atoms with Crippen molar-refractivity contribution in [1.82, 2.24) is 4.98 Å². The zero-order chi connectivity index (χ0) is 13.1. The van der Waals surface area contributed by atoms with Crippen molar-refractivity contribution in [3.05, 3.63) is 59.4 Å². The van der Waals surface area contributed by atoms with Crippen LogP contribution in [-0.4, -0.2) is 10.9 Å². The summed E-state index contributed by atoms with van der Waals surface area (Å²) < 4.78 is 27.0. The Kier molecular flexibility index (Phi) is 3.32. The number of aromatic nitrogens is 1. The van der Waals surface area contributed by atoms with Crippen molar-refractivity contribution in [3.63, 3.8) is 0 Å². The van der Waals surface area contributed by atoms with Gasteiger partial charge < -0.3 is 5.32 Å². The summed E-state index contributed by atoms with van der Waals surface area (Å²) in [6.07, 6.45) is 2.31. The predicted octanol–water partition coefficient (Wildman–Crippen LogP) is 2.92. The number of nitrogens with zero attached hydrogens (tertiary/aromatic N) is 1. The Morgan fingerprint density at radius 1 is 1.28 bits per heavy atom. The van der Waals surface area contributed by atoms with Crippen molar-refractivity contribution in [3.8, 4) is 0 Å². The van der Waals surface area contributed by atoms with Crippen LogP contribution in [0.25, 0.3) is 0 Å². The summed E-state index contributed by atoms with van der Waals surface area (Å²) in [7, 11) is 0. The number of hydrogen-bond donors (Lipinski definition) is 1. The van der Waals surface area contributed by atoms with Crippen LogP contribution in [-0.2, 0) is 0 Å². The molecule has 1 amide bonds. The molecule has 0 aliphatic heterocycles. The fourth-order valence-electron chi connectivity index (χ4n) is 1.49. The number of carbonyl (C=O) groups excluding carboxylic acids is 1. The molecule has 2 rings (SSSR count). The fourth-order valence-corrected chi connectivity index (χ4v) is 1.49. The molecule has 1 aromatic carbocycles. The first-order chi connectivity index (χ1) is 8.59. The highest BCUT2D eigenvalue weighted by molar-refractivity contribution is 6.04. The van der Waals surface area contributed by atoms with E-state index in [-0.39, 0.29) is 11.3 Å². The van der Waals surface area contributed by atoms with E-state index in [9.17, 15) is 13.6 Å². The van der Waals surface area contributed by atoms with E-state index in [1.807, 2.05) is 0 Å². The van der Waals surface area contributed by atoms with Gasteiger partial charge in [0.1, 0.15) is 5.82 Å². The third kappa shape index (κ3) is 2.34. The standard InChI is InChI=1S/C13H10F2N2O/c1-8-3-2-4-9(12(8)15)13(18)17-11-5-6-16-7-10(11)14/h2-7H,1H3,(H,16,17,18). The second kappa shape index (κ2) is 4.91. The van der Waals surface area contributed by atoms with E-state index in [1.54, 1.807) is 19.1 Å². The van der Waals surface area contributed by atoms with Gasteiger partial charge in [0.05, 0.1) is 17.4 Å². The predicted molar refractivity (Wildman–Crippen MR) is 63.3 cm³/mol. The van der Waals surface area contributed by atoms with Crippen molar-refractivity contribution in [2.45, 2.75) is 6.92 Å². The van der Waals surface area contributed by atoms with Gasteiger partial charge in [-0.05, 0) is 24.6 Å². The lowest BCUT2D eigenvalue weighted by Crippen LogP contribution is -2.15. The Hall–Kier alpha value is -2.30. The number of hydrogen-bond acceptors (Lipinski definition) is 2. The Balaban J connectivity index is 2.28. The normalized spacial score (nSPS) is 10.2. The molecular formula is C13H10F2N2O. The number of amides is 1. The van der Waals surface area contributed by atoms with Gasteiger partial charge in [0.25, 0.3) is 5.91 Å². The first-order valence-electron chi connectivity index (χ1n) is 5.25. The summed E-state index contributed by atoms with van der Waals surface area (Å²) in [6, 6.07) is 5.77. The molecule has 0 saturated heterocycles. The first kappa shape index (κ1) is 12.2. The maximum atomic E-state index is 13.7. The summed E-state index contributed by atoms with van der Waals surface area (Å²) in [6.45, 7) is 1.55. The monoisotopic (exact) mass is 248 g/mol. The van der Waals surface area contributed by atoms with Crippen molar-refractivity contribution >= 4 is 11.6 Å². The molecule has 0 saturated carbocycles. The number of pyridine rings is 1. The maximum absolute atomic E-state index is 13.7. The molecule has 1 heterocycles. The van der Waals surface area contributed by atoms with Crippen LogP contribution in [0.4, 0.5) is 14.5 Å². The number of rotatable bonds is 2. The van der Waals surface area contributed by atoms with E-state index < -0.39 is 17.5 Å². The minimum absolute atomic E-state index is 0.0316. The van der Waals surface area contributed by atoms with Crippen LogP contribution in [0.1, 0.15) is 15.9 Å². The van der Waals surface area contributed by atoms with E-state index in [0.717, 1.165) is 6.20 Å². The maximum Gasteiger partial charge on any atom is 0.258 e. The van der Waals surface area contributed by atoms with Gasteiger partial charge in [0, 0.05) is 6.20 Å². The van der Waals surface area contributed by atoms with E-state index in [0.29, 0.717) is 5.56 Å². The molecule has 0 unspecified atom stereocenters. The number of anilines is 1. The van der Waals surface area contributed by atoms with Crippen LogP contribution in [0, 0.1) is 18.6 Å². The number of aryl methyl sites for hydroxylation is 1. The van der Waals surface area contributed by atoms with Gasteiger partial charge in [-0.3, -0.25) is 9.78 Å². The van der Waals surface area contributed by atoms with Gasteiger partial charge in [-0.1, -0.05) is 12.1 Å². The number of nitrogens with one attached hydrogen (secondary N) is 1. The second-order valence-electron chi connectivity index (χ2n) is 3.75. The molecule has 18 heavy (non-hydrogen) atoms. The smallest absolute Gasteiger partial charge is 0.258 e.